The van der Waals surface area contributed by atoms with Gasteiger partial charge in [-0.3, -0.25) is 9.59 Å². The summed E-state index contributed by atoms with van der Waals surface area (Å²) in [5.74, 6) is -1.97. The third-order valence-corrected chi connectivity index (χ3v) is 7.42. The van der Waals surface area contributed by atoms with E-state index in [1.165, 1.54) is 6.42 Å². The largest absolute Gasteiger partial charge is 0.480 e. The number of para-hydroxylation sites is 1. The van der Waals surface area contributed by atoms with Crippen molar-refractivity contribution in [3.05, 3.63) is 93.5 Å². The third kappa shape index (κ3) is 8.22. The number of rotatable bonds is 9. The lowest BCUT2D eigenvalue weighted by atomic mass is 9.95. The Morgan fingerprint density at radius 3 is 2.20 bits per heavy atom. The molecule has 0 aliphatic heterocycles. The monoisotopic (exact) mass is 595 g/mol. The highest BCUT2D eigenvalue weighted by molar-refractivity contribution is 6.40. The van der Waals surface area contributed by atoms with Crippen LogP contribution in [-0.2, 0) is 11.2 Å². The Bertz CT molecular complexity index is 1420. The summed E-state index contributed by atoms with van der Waals surface area (Å²) in [6, 6.07) is 17.3. The number of carboxylic acid groups (broad SMARTS) is 1. The lowest BCUT2D eigenvalue weighted by Crippen LogP contribution is -2.37. The van der Waals surface area contributed by atoms with E-state index in [2.05, 4.69) is 20.9 Å². The molecule has 214 valence electrons. The third-order valence-electron chi connectivity index (χ3n) is 6.79. The second-order valence-corrected chi connectivity index (χ2v) is 10.6. The van der Waals surface area contributed by atoms with E-state index < -0.39 is 17.9 Å². The Morgan fingerprint density at radius 2 is 1.54 bits per heavy atom. The van der Waals surface area contributed by atoms with Gasteiger partial charge in [0.05, 0.1) is 26.9 Å². The number of anilines is 2. The van der Waals surface area contributed by atoms with Crippen molar-refractivity contribution >= 4 is 58.3 Å². The fourth-order valence-corrected chi connectivity index (χ4v) is 5.25. The highest BCUT2D eigenvalue weighted by atomic mass is 35.5. The molecule has 41 heavy (non-hydrogen) atoms. The van der Waals surface area contributed by atoms with Gasteiger partial charge in [0.1, 0.15) is 0 Å². The predicted molar refractivity (Wildman–Crippen MR) is 162 cm³/mol. The van der Waals surface area contributed by atoms with Gasteiger partial charge in [-0.2, -0.15) is 0 Å². The fourth-order valence-electron chi connectivity index (χ4n) is 4.68. The van der Waals surface area contributed by atoms with Crippen LogP contribution in [-0.4, -0.2) is 40.9 Å². The van der Waals surface area contributed by atoms with Crippen LogP contribution in [0.4, 0.5) is 11.4 Å². The summed E-state index contributed by atoms with van der Waals surface area (Å²) in [6.45, 7) is 0. The number of carbonyl (C=O) groups excluding carboxylic acids is 2. The molecule has 0 spiro atoms. The smallest absolute Gasteiger partial charge is 0.328 e. The highest BCUT2D eigenvalue weighted by Gasteiger charge is 2.21. The summed E-state index contributed by atoms with van der Waals surface area (Å²) in [5, 5.41) is 18.9. The second-order valence-electron chi connectivity index (χ2n) is 9.80. The van der Waals surface area contributed by atoms with Gasteiger partial charge in [0.25, 0.3) is 11.8 Å². The summed E-state index contributed by atoms with van der Waals surface area (Å²) >= 11 is 12.2. The summed E-state index contributed by atoms with van der Waals surface area (Å²) < 4.78 is 0. The van der Waals surface area contributed by atoms with Gasteiger partial charge in [0.2, 0.25) is 0 Å². The SMILES string of the molecule is NC(=N[C@@H](Cc1ccc(NC(=O)c2c(Cl)cccc2Cl)cc1)C(=O)O)Nc1ccccc1C(=O)NC1CCCCC1. The van der Waals surface area contributed by atoms with Crippen molar-refractivity contribution in [2.24, 2.45) is 10.7 Å². The topological polar surface area (TPSA) is 146 Å². The van der Waals surface area contributed by atoms with Crippen molar-refractivity contribution in [2.45, 2.75) is 50.6 Å². The number of carbonyl (C=O) groups is 3. The number of guanidine groups is 1. The molecule has 0 saturated heterocycles. The van der Waals surface area contributed by atoms with Crippen LogP contribution < -0.4 is 21.7 Å². The van der Waals surface area contributed by atoms with E-state index in [0.29, 0.717) is 22.5 Å². The summed E-state index contributed by atoms with van der Waals surface area (Å²) in [6.07, 6.45) is 5.32. The molecular weight excluding hydrogens is 565 g/mol. The average molecular weight is 597 g/mol. The van der Waals surface area contributed by atoms with Gasteiger partial charge in [-0.05, 0) is 54.8 Å². The molecule has 1 aliphatic rings. The van der Waals surface area contributed by atoms with Gasteiger partial charge >= 0.3 is 5.97 Å². The Balaban J connectivity index is 1.41. The van der Waals surface area contributed by atoms with Gasteiger partial charge in [-0.25, -0.2) is 9.79 Å². The summed E-state index contributed by atoms with van der Waals surface area (Å²) in [5.41, 5.74) is 8.23. The molecule has 1 saturated carbocycles. The Hall–Kier alpha value is -4.08. The zero-order valence-corrected chi connectivity index (χ0v) is 23.7. The van der Waals surface area contributed by atoms with E-state index in [-0.39, 0.29) is 39.9 Å². The Labute approximate surface area is 248 Å². The number of aliphatic carboxylic acids is 1. The maximum Gasteiger partial charge on any atom is 0.328 e. The fraction of sp³-hybridized carbons (Fsp3) is 0.267. The van der Waals surface area contributed by atoms with Crippen molar-refractivity contribution in [2.75, 3.05) is 10.6 Å². The zero-order valence-electron chi connectivity index (χ0n) is 22.2. The molecule has 0 aromatic heterocycles. The number of nitrogens with one attached hydrogen (secondary N) is 3. The Kier molecular flexibility index (Phi) is 10.2. The van der Waals surface area contributed by atoms with E-state index in [9.17, 15) is 19.5 Å². The maximum absolute atomic E-state index is 12.9. The molecule has 4 rings (SSSR count). The number of halogens is 2. The molecule has 9 nitrogen and oxygen atoms in total. The van der Waals surface area contributed by atoms with E-state index in [0.717, 1.165) is 25.7 Å². The molecule has 0 unspecified atom stereocenters. The first-order valence-electron chi connectivity index (χ1n) is 13.3. The number of benzene rings is 3. The minimum atomic E-state index is -1.19. The van der Waals surface area contributed by atoms with Crippen LogP contribution in [0.1, 0.15) is 58.4 Å². The molecule has 0 radical (unpaired) electrons. The minimum absolute atomic E-state index is 0.0477. The lowest BCUT2D eigenvalue weighted by molar-refractivity contribution is -0.138. The molecule has 2 amide bonds. The summed E-state index contributed by atoms with van der Waals surface area (Å²) in [7, 11) is 0. The number of carboxylic acids is 1. The van der Waals surface area contributed by atoms with Crippen LogP contribution in [0, 0.1) is 0 Å². The molecule has 1 fully saturated rings. The van der Waals surface area contributed by atoms with E-state index in [1.807, 2.05) is 0 Å². The second kappa shape index (κ2) is 14.0. The van der Waals surface area contributed by atoms with Crippen molar-refractivity contribution in [1.82, 2.24) is 5.32 Å². The van der Waals surface area contributed by atoms with Crippen molar-refractivity contribution in [3.63, 3.8) is 0 Å². The molecule has 1 atom stereocenters. The van der Waals surface area contributed by atoms with E-state index in [1.54, 1.807) is 66.7 Å². The van der Waals surface area contributed by atoms with E-state index in [4.69, 9.17) is 28.9 Å². The lowest BCUT2D eigenvalue weighted by Gasteiger charge is -2.23. The number of hydrogen-bond donors (Lipinski definition) is 5. The van der Waals surface area contributed by atoms with Gasteiger partial charge < -0.3 is 26.8 Å². The molecule has 0 heterocycles. The van der Waals surface area contributed by atoms with Crippen LogP contribution in [0.15, 0.2) is 71.7 Å². The van der Waals surface area contributed by atoms with Gasteiger partial charge in [-0.15, -0.1) is 0 Å². The van der Waals surface area contributed by atoms with Crippen LogP contribution in [0.3, 0.4) is 0 Å². The molecule has 1 aliphatic carbocycles. The number of amides is 2. The van der Waals surface area contributed by atoms with Crippen molar-refractivity contribution in [3.8, 4) is 0 Å². The average Bonchev–Trinajstić information content (AvgIpc) is 2.94. The molecular formula is C30H31Cl2N5O4. The zero-order chi connectivity index (χ0) is 29.4. The van der Waals surface area contributed by atoms with Gasteiger partial charge in [-0.1, -0.05) is 72.8 Å². The quantitative estimate of drug-likeness (QED) is 0.158. The number of nitrogens with zero attached hydrogens (tertiary/aromatic N) is 1. The van der Waals surface area contributed by atoms with Gasteiger partial charge in [0.15, 0.2) is 12.0 Å². The minimum Gasteiger partial charge on any atom is -0.480 e. The number of hydrogen-bond acceptors (Lipinski definition) is 4. The highest BCUT2D eigenvalue weighted by Crippen LogP contribution is 2.25. The normalized spacial score (nSPS) is 14.6. The molecule has 11 heteroatoms. The van der Waals surface area contributed by atoms with Crippen LogP contribution in [0.5, 0.6) is 0 Å². The first kappa shape index (κ1) is 29.9. The Morgan fingerprint density at radius 1 is 0.878 bits per heavy atom. The first-order valence-corrected chi connectivity index (χ1v) is 14.0. The van der Waals surface area contributed by atoms with Crippen molar-refractivity contribution in [1.29, 1.82) is 0 Å². The summed E-state index contributed by atoms with van der Waals surface area (Å²) in [4.78, 5) is 41.7. The first-order chi connectivity index (χ1) is 19.7. The van der Waals surface area contributed by atoms with Crippen molar-refractivity contribution < 1.29 is 19.5 Å². The molecule has 3 aromatic carbocycles. The molecule has 6 N–H and O–H groups in total. The number of nitrogens with two attached hydrogens (primary N) is 1. The standard InChI is InChI=1S/C30H31Cl2N5O4/c31-22-10-6-11-23(32)26(22)28(39)35-20-15-13-18(14-16-20)17-25(29(40)41)37-30(33)36-24-12-5-4-9-21(24)27(38)34-19-7-2-1-3-8-19/h4-6,9-16,19,25H,1-3,7-8,17H2,(H,34,38)(H,35,39)(H,40,41)(H3,33,36,37)/t25-/m0/s1. The molecule has 3 aromatic rings. The molecule has 0 bridgehead atoms. The maximum atomic E-state index is 12.9. The van der Waals surface area contributed by atoms with E-state index >= 15 is 0 Å². The van der Waals surface area contributed by atoms with Crippen LogP contribution in [0.2, 0.25) is 10.0 Å². The van der Waals surface area contributed by atoms with Crippen LogP contribution >= 0.6 is 23.2 Å². The number of aliphatic imine (C=N–C) groups is 1. The van der Waals surface area contributed by atoms with Crippen LogP contribution in [0.25, 0.3) is 0 Å². The predicted octanol–water partition coefficient (Wildman–Crippen LogP) is 5.73. The van der Waals surface area contributed by atoms with Gasteiger partial charge in [0, 0.05) is 18.2 Å².